The summed E-state index contributed by atoms with van der Waals surface area (Å²) in [6, 6.07) is 5.17. The van der Waals surface area contributed by atoms with Gasteiger partial charge in [-0.3, -0.25) is 0 Å². The van der Waals surface area contributed by atoms with E-state index < -0.39 is 0 Å². The molecule has 7 nitrogen and oxygen atoms in total. The van der Waals surface area contributed by atoms with Crippen molar-refractivity contribution in [1.29, 1.82) is 0 Å². The average molecular weight is 338 g/mol. The normalized spacial score (nSPS) is 15.2. The van der Waals surface area contributed by atoms with Gasteiger partial charge in [0.1, 0.15) is 11.5 Å². The largest absolute Gasteiger partial charge is 0.497 e. The van der Waals surface area contributed by atoms with E-state index in [9.17, 15) is 4.79 Å². The monoisotopic (exact) mass is 338 g/mol. The fraction of sp³-hybridized carbons (Fsp3) is 0.588. The highest BCUT2D eigenvalue weighted by Gasteiger charge is 2.23. The number of carbonyl (C=O) groups is 1. The van der Waals surface area contributed by atoms with Crippen molar-refractivity contribution in [3.8, 4) is 11.5 Å². The third-order valence-corrected chi connectivity index (χ3v) is 3.97. The molecule has 0 atom stereocenters. The number of nitrogens with zero attached hydrogens (tertiary/aromatic N) is 1. The minimum atomic E-state index is -0.124. The lowest BCUT2D eigenvalue weighted by Gasteiger charge is -2.32. The second-order valence-electron chi connectivity index (χ2n) is 5.58. The Hall–Kier alpha value is -1.99. The molecule has 0 radical (unpaired) electrons. The molecule has 0 spiro atoms. The van der Waals surface area contributed by atoms with Crippen LogP contribution >= 0.6 is 0 Å². The van der Waals surface area contributed by atoms with E-state index in [-0.39, 0.29) is 12.1 Å². The Bertz CT molecular complexity index is 507. The van der Waals surface area contributed by atoms with E-state index in [1.165, 1.54) is 0 Å². The predicted octanol–water partition coefficient (Wildman–Crippen LogP) is 2.36. The third kappa shape index (κ3) is 5.28. The van der Waals surface area contributed by atoms with E-state index in [1.54, 1.807) is 44.4 Å². The second kappa shape index (κ2) is 9.34. The summed E-state index contributed by atoms with van der Waals surface area (Å²) < 4.78 is 21.1. The average Bonchev–Trinajstić information content (AvgIpc) is 2.62. The van der Waals surface area contributed by atoms with Crippen LogP contribution in [0.4, 0.5) is 10.5 Å². The number of likely N-dealkylation sites (tertiary alicyclic amines) is 1. The molecule has 7 heteroatoms. The summed E-state index contributed by atoms with van der Waals surface area (Å²) >= 11 is 0. The molecule has 1 fully saturated rings. The SMILES string of the molecule is COCCOC1CCN(C(=O)Nc2cc(OC)cc(OC)c2)CC1. The Morgan fingerprint density at radius 3 is 2.25 bits per heavy atom. The smallest absolute Gasteiger partial charge is 0.321 e. The maximum Gasteiger partial charge on any atom is 0.321 e. The van der Waals surface area contributed by atoms with Crippen LogP contribution in [0.5, 0.6) is 11.5 Å². The minimum absolute atomic E-state index is 0.124. The van der Waals surface area contributed by atoms with Gasteiger partial charge in [0.2, 0.25) is 0 Å². The lowest BCUT2D eigenvalue weighted by Crippen LogP contribution is -2.43. The lowest BCUT2D eigenvalue weighted by atomic mass is 10.1. The van der Waals surface area contributed by atoms with E-state index >= 15 is 0 Å². The van der Waals surface area contributed by atoms with Crippen LogP contribution in [-0.2, 0) is 9.47 Å². The van der Waals surface area contributed by atoms with Crippen molar-refractivity contribution in [2.24, 2.45) is 0 Å². The molecule has 2 rings (SSSR count). The van der Waals surface area contributed by atoms with E-state index in [4.69, 9.17) is 18.9 Å². The van der Waals surface area contributed by atoms with Crippen LogP contribution in [-0.4, -0.2) is 64.7 Å². The molecule has 24 heavy (non-hydrogen) atoms. The van der Waals surface area contributed by atoms with Gasteiger partial charge in [-0.25, -0.2) is 4.79 Å². The number of piperidine rings is 1. The van der Waals surface area contributed by atoms with Crippen LogP contribution in [0.15, 0.2) is 18.2 Å². The van der Waals surface area contributed by atoms with Crippen molar-refractivity contribution in [2.45, 2.75) is 18.9 Å². The fourth-order valence-electron chi connectivity index (χ4n) is 2.61. The number of amides is 2. The number of hydrogen-bond donors (Lipinski definition) is 1. The standard InChI is InChI=1S/C17H26N2O5/c1-21-8-9-24-14-4-6-19(7-5-14)17(20)18-13-10-15(22-2)12-16(11-13)23-3/h10-12,14H,4-9H2,1-3H3,(H,18,20). The summed E-state index contributed by atoms with van der Waals surface area (Å²) in [6.45, 7) is 2.53. The van der Waals surface area contributed by atoms with Crippen LogP contribution in [0.1, 0.15) is 12.8 Å². The quantitative estimate of drug-likeness (QED) is 0.773. The first-order valence-electron chi connectivity index (χ1n) is 8.05. The van der Waals surface area contributed by atoms with Crippen molar-refractivity contribution in [3.05, 3.63) is 18.2 Å². The first-order chi connectivity index (χ1) is 11.7. The highest BCUT2D eigenvalue weighted by molar-refractivity contribution is 5.89. The van der Waals surface area contributed by atoms with E-state index in [2.05, 4.69) is 5.32 Å². The van der Waals surface area contributed by atoms with Crippen LogP contribution in [0, 0.1) is 0 Å². The van der Waals surface area contributed by atoms with Gasteiger partial charge in [0.15, 0.2) is 0 Å². The molecule has 1 N–H and O–H groups in total. The molecule has 0 bridgehead atoms. The Balaban J connectivity index is 1.85. The van der Waals surface area contributed by atoms with Crippen LogP contribution in [0.2, 0.25) is 0 Å². The first-order valence-corrected chi connectivity index (χ1v) is 8.05. The molecule has 1 aromatic carbocycles. The second-order valence-corrected chi connectivity index (χ2v) is 5.58. The van der Waals surface area contributed by atoms with Crippen molar-refractivity contribution >= 4 is 11.7 Å². The predicted molar refractivity (Wildman–Crippen MR) is 91.0 cm³/mol. The van der Waals surface area contributed by atoms with Crippen LogP contribution < -0.4 is 14.8 Å². The number of ether oxygens (including phenoxy) is 4. The number of rotatable bonds is 7. The zero-order chi connectivity index (χ0) is 17.4. The van der Waals surface area contributed by atoms with Gasteiger partial charge in [0.25, 0.3) is 0 Å². The summed E-state index contributed by atoms with van der Waals surface area (Å²) in [7, 11) is 4.81. The maximum atomic E-state index is 12.4. The topological polar surface area (TPSA) is 69.3 Å². The number of methoxy groups -OCH3 is 3. The van der Waals surface area contributed by atoms with Crippen molar-refractivity contribution < 1.29 is 23.7 Å². The van der Waals surface area contributed by atoms with Gasteiger partial charge < -0.3 is 29.2 Å². The number of benzene rings is 1. The van der Waals surface area contributed by atoms with Gasteiger partial charge in [0.05, 0.1) is 33.5 Å². The lowest BCUT2D eigenvalue weighted by molar-refractivity contribution is -0.00851. The van der Waals surface area contributed by atoms with E-state index in [0.29, 0.717) is 43.5 Å². The van der Waals surface area contributed by atoms with Crippen molar-refractivity contribution in [3.63, 3.8) is 0 Å². The Morgan fingerprint density at radius 1 is 1.08 bits per heavy atom. The highest BCUT2D eigenvalue weighted by atomic mass is 16.5. The molecule has 0 saturated carbocycles. The molecule has 1 aromatic rings. The Kier molecular flexibility index (Phi) is 7.14. The molecular formula is C17H26N2O5. The molecule has 0 aliphatic carbocycles. The van der Waals surface area contributed by atoms with Gasteiger partial charge in [-0.05, 0) is 12.8 Å². The number of urea groups is 1. The highest BCUT2D eigenvalue weighted by Crippen LogP contribution is 2.26. The molecule has 2 amide bonds. The minimum Gasteiger partial charge on any atom is -0.497 e. The third-order valence-electron chi connectivity index (χ3n) is 3.97. The van der Waals surface area contributed by atoms with E-state index in [1.807, 2.05) is 0 Å². The summed E-state index contributed by atoms with van der Waals surface area (Å²) in [6.07, 6.45) is 1.86. The maximum absolute atomic E-state index is 12.4. The number of carbonyl (C=O) groups excluding carboxylic acids is 1. The fourth-order valence-corrected chi connectivity index (χ4v) is 2.61. The molecule has 1 aliphatic heterocycles. The van der Waals surface area contributed by atoms with Gasteiger partial charge in [-0.15, -0.1) is 0 Å². The number of anilines is 1. The van der Waals surface area contributed by atoms with Gasteiger partial charge in [0, 0.05) is 44.1 Å². The van der Waals surface area contributed by atoms with Crippen LogP contribution in [0.3, 0.4) is 0 Å². The molecule has 0 aromatic heterocycles. The molecule has 134 valence electrons. The summed E-state index contributed by atoms with van der Waals surface area (Å²) in [5, 5.41) is 2.89. The molecular weight excluding hydrogens is 312 g/mol. The molecule has 1 aliphatic rings. The molecule has 1 saturated heterocycles. The van der Waals surface area contributed by atoms with Crippen LogP contribution in [0.25, 0.3) is 0 Å². The van der Waals surface area contributed by atoms with Gasteiger partial charge in [-0.2, -0.15) is 0 Å². The van der Waals surface area contributed by atoms with E-state index in [0.717, 1.165) is 12.8 Å². The first kappa shape index (κ1) is 18.4. The van der Waals surface area contributed by atoms with Gasteiger partial charge >= 0.3 is 6.03 Å². The Labute approximate surface area is 142 Å². The van der Waals surface area contributed by atoms with Gasteiger partial charge in [-0.1, -0.05) is 0 Å². The number of nitrogens with one attached hydrogen (secondary N) is 1. The van der Waals surface area contributed by atoms with Crippen molar-refractivity contribution in [1.82, 2.24) is 4.90 Å². The summed E-state index contributed by atoms with van der Waals surface area (Å²) in [5.41, 5.74) is 0.648. The summed E-state index contributed by atoms with van der Waals surface area (Å²) in [5.74, 6) is 1.27. The zero-order valence-electron chi connectivity index (χ0n) is 14.5. The number of hydrogen-bond acceptors (Lipinski definition) is 5. The Morgan fingerprint density at radius 2 is 1.71 bits per heavy atom. The zero-order valence-corrected chi connectivity index (χ0v) is 14.5. The molecule has 0 unspecified atom stereocenters. The molecule has 1 heterocycles. The summed E-state index contributed by atoms with van der Waals surface area (Å²) in [4.78, 5) is 14.2. The van der Waals surface area contributed by atoms with Crippen molar-refractivity contribution in [2.75, 3.05) is 52.9 Å².